The number of ether oxygens (including phenoxy) is 1. The average Bonchev–Trinajstić information content (AvgIpc) is 2.84. The molecule has 2 rings (SSSR count). The molecule has 4 atom stereocenters. The van der Waals surface area contributed by atoms with Crippen LogP contribution in [0.2, 0.25) is 0 Å². The first kappa shape index (κ1) is 12.2. The number of likely N-dealkylation sites (N-methyl/N-ethyl adjacent to an activating group) is 1. The van der Waals surface area contributed by atoms with Crippen molar-refractivity contribution in [2.75, 3.05) is 26.0 Å². The van der Waals surface area contributed by atoms with E-state index in [2.05, 4.69) is 11.8 Å². The van der Waals surface area contributed by atoms with E-state index in [1.807, 2.05) is 18.8 Å². The summed E-state index contributed by atoms with van der Waals surface area (Å²) in [6.45, 7) is 3.14. The van der Waals surface area contributed by atoms with Gasteiger partial charge in [0.25, 0.3) is 0 Å². The fourth-order valence-electron chi connectivity index (χ4n) is 2.68. The Morgan fingerprint density at radius 2 is 2.19 bits per heavy atom. The summed E-state index contributed by atoms with van der Waals surface area (Å²) in [5, 5.41) is 9.73. The van der Waals surface area contributed by atoms with Crippen LogP contribution in [0.5, 0.6) is 0 Å². The predicted molar refractivity (Wildman–Crippen MR) is 63.8 cm³/mol. The highest BCUT2D eigenvalue weighted by Gasteiger charge is 2.41. The Morgan fingerprint density at radius 3 is 2.75 bits per heavy atom. The number of carbonyl (C=O) groups is 1. The highest BCUT2D eigenvalue weighted by Crippen LogP contribution is 2.32. The molecule has 2 heterocycles. The third kappa shape index (κ3) is 2.21. The minimum absolute atomic E-state index is 0.0450. The molecule has 2 aliphatic rings. The Morgan fingerprint density at radius 1 is 1.44 bits per heavy atom. The molecule has 4 unspecified atom stereocenters. The molecule has 92 valence electrons. The van der Waals surface area contributed by atoms with Crippen molar-refractivity contribution in [3.8, 4) is 0 Å². The van der Waals surface area contributed by atoms with E-state index in [9.17, 15) is 4.79 Å². The molecule has 1 N–H and O–H groups in total. The number of carboxylic acids is 1. The molecule has 0 aromatic carbocycles. The SMILES string of the molecule is CC1SCCC1N(C)C1COCC1C(=O)O. The summed E-state index contributed by atoms with van der Waals surface area (Å²) >= 11 is 1.97. The van der Waals surface area contributed by atoms with Crippen LogP contribution in [0.4, 0.5) is 0 Å². The summed E-state index contributed by atoms with van der Waals surface area (Å²) in [6.07, 6.45) is 1.16. The van der Waals surface area contributed by atoms with E-state index >= 15 is 0 Å². The molecular formula is C11H19NO3S. The number of thioether (sulfide) groups is 1. The first-order chi connectivity index (χ1) is 7.61. The van der Waals surface area contributed by atoms with Gasteiger partial charge in [0.1, 0.15) is 0 Å². The molecule has 0 saturated carbocycles. The van der Waals surface area contributed by atoms with Crippen molar-refractivity contribution in [3.63, 3.8) is 0 Å². The van der Waals surface area contributed by atoms with E-state index < -0.39 is 5.97 Å². The third-order valence-electron chi connectivity index (χ3n) is 3.75. The van der Waals surface area contributed by atoms with Crippen molar-refractivity contribution in [3.05, 3.63) is 0 Å². The normalized spacial score (nSPS) is 39.4. The summed E-state index contributed by atoms with van der Waals surface area (Å²) < 4.78 is 5.32. The molecule has 0 aliphatic carbocycles. The zero-order chi connectivity index (χ0) is 11.7. The van der Waals surface area contributed by atoms with Gasteiger partial charge in [-0.15, -0.1) is 0 Å². The van der Waals surface area contributed by atoms with E-state index in [1.54, 1.807) is 0 Å². The lowest BCUT2D eigenvalue weighted by Crippen LogP contribution is -2.48. The molecule has 0 radical (unpaired) electrons. The second kappa shape index (κ2) is 4.94. The van der Waals surface area contributed by atoms with Gasteiger partial charge in [0, 0.05) is 17.3 Å². The molecule has 5 heteroatoms. The molecule has 0 amide bonds. The van der Waals surface area contributed by atoms with Crippen molar-refractivity contribution >= 4 is 17.7 Å². The van der Waals surface area contributed by atoms with Gasteiger partial charge in [-0.05, 0) is 19.2 Å². The monoisotopic (exact) mass is 245 g/mol. The molecular weight excluding hydrogens is 226 g/mol. The number of hydrogen-bond donors (Lipinski definition) is 1. The lowest BCUT2D eigenvalue weighted by Gasteiger charge is -2.33. The largest absolute Gasteiger partial charge is 0.481 e. The van der Waals surface area contributed by atoms with Gasteiger partial charge in [0.2, 0.25) is 0 Å². The quantitative estimate of drug-likeness (QED) is 0.801. The van der Waals surface area contributed by atoms with Crippen molar-refractivity contribution in [1.29, 1.82) is 0 Å². The van der Waals surface area contributed by atoms with Gasteiger partial charge in [-0.3, -0.25) is 9.69 Å². The number of carboxylic acid groups (broad SMARTS) is 1. The fourth-order valence-corrected chi connectivity index (χ4v) is 3.98. The van der Waals surface area contributed by atoms with Gasteiger partial charge in [-0.2, -0.15) is 11.8 Å². The second-order valence-electron chi connectivity index (χ2n) is 4.65. The zero-order valence-electron chi connectivity index (χ0n) is 9.76. The highest BCUT2D eigenvalue weighted by atomic mass is 32.2. The molecule has 0 bridgehead atoms. The number of nitrogens with zero attached hydrogens (tertiary/aromatic N) is 1. The van der Waals surface area contributed by atoms with Gasteiger partial charge in [0.05, 0.1) is 19.1 Å². The van der Waals surface area contributed by atoms with Crippen LogP contribution in [-0.4, -0.2) is 59.3 Å². The second-order valence-corrected chi connectivity index (χ2v) is 6.13. The minimum Gasteiger partial charge on any atom is -0.481 e. The van der Waals surface area contributed by atoms with Gasteiger partial charge in [-0.25, -0.2) is 0 Å². The topological polar surface area (TPSA) is 49.8 Å². The van der Waals surface area contributed by atoms with Crippen molar-refractivity contribution < 1.29 is 14.6 Å². The smallest absolute Gasteiger partial charge is 0.310 e. The first-order valence-corrected chi connectivity index (χ1v) is 6.80. The highest BCUT2D eigenvalue weighted by molar-refractivity contribution is 8.00. The van der Waals surface area contributed by atoms with Crippen LogP contribution < -0.4 is 0 Å². The van der Waals surface area contributed by atoms with E-state index in [0.29, 0.717) is 24.5 Å². The Bertz CT molecular complexity index is 274. The Labute approximate surface area is 100 Å². The van der Waals surface area contributed by atoms with Crippen molar-refractivity contribution in [2.45, 2.75) is 30.7 Å². The molecule has 0 spiro atoms. The summed E-state index contributed by atoms with van der Waals surface area (Å²) in [7, 11) is 2.04. The van der Waals surface area contributed by atoms with E-state index in [-0.39, 0.29) is 12.0 Å². The summed E-state index contributed by atoms with van der Waals surface area (Å²) in [5.74, 6) is 0.0945. The minimum atomic E-state index is -0.729. The van der Waals surface area contributed by atoms with E-state index in [4.69, 9.17) is 9.84 Å². The van der Waals surface area contributed by atoms with Crippen LogP contribution in [0.15, 0.2) is 0 Å². The van der Waals surface area contributed by atoms with Crippen molar-refractivity contribution in [1.82, 2.24) is 4.90 Å². The van der Waals surface area contributed by atoms with Gasteiger partial charge < -0.3 is 9.84 Å². The number of rotatable bonds is 3. The van der Waals surface area contributed by atoms with Crippen LogP contribution in [0.1, 0.15) is 13.3 Å². The maximum absolute atomic E-state index is 11.1. The molecule has 2 fully saturated rings. The molecule has 0 aromatic rings. The summed E-state index contributed by atoms with van der Waals surface area (Å²) in [6, 6.07) is 0.544. The van der Waals surface area contributed by atoms with Gasteiger partial charge in [-0.1, -0.05) is 6.92 Å². The summed E-state index contributed by atoms with van der Waals surface area (Å²) in [5.41, 5.74) is 0. The Balaban J connectivity index is 2.03. The average molecular weight is 245 g/mol. The van der Waals surface area contributed by atoms with Crippen LogP contribution in [0.3, 0.4) is 0 Å². The standard InChI is InChI=1S/C11H19NO3S/c1-7-9(3-4-16-7)12(2)10-6-15-5-8(10)11(13)14/h7-10H,3-6H2,1-2H3,(H,13,14). The molecule has 0 aromatic heterocycles. The van der Waals surface area contributed by atoms with E-state index in [1.165, 1.54) is 5.75 Å². The zero-order valence-corrected chi connectivity index (χ0v) is 10.6. The molecule has 16 heavy (non-hydrogen) atoms. The van der Waals surface area contributed by atoms with E-state index in [0.717, 1.165) is 6.42 Å². The number of hydrogen-bond acceptors (Lipinski definition) is 4. The summed E-state index contributed by atoms with van der Waals surface area (Å²) in [4.78, 5) is 13.3. The Hall–Kier alpha value is -0.260. The predicted octanol–water partition coefficient (Wildman–Crippen LogP) is 0.912. The van der Waals surface area contributed by atoms with Crippen LogP contribution in [0.25, 0.3) is 0 Å². The maximum atomic E-state index is 11.1. The molecule has 2 saturated heterocycles. The fraction of sp³-hybridized carbons (Fsp3) is 0.909. The van der Waals surface area contributed by atoms with Crippen LogP contribution in [0, 0.1) is 5.92 Å². The van der Waals surface area contributed by atoms with Crippen LogP contribution in [-0.2, 0) is 9.53 Å². The van der Waals surface area contributed by atoms with Gasteiger partial charge in [0.15, 0.2) is 0 Å². The lowest BCUT2D eigenvalue weighted by atomic mass is 9.99. The molecule has 2 aliphatic heterocycles. The first-order valence-electron chi connectivity index (χ1n) is 5.75. The van der Waals surface area contributed by atoms with Gasteiger partial charge >= 0.3 is 5.97 Å². The number of aliphatic carboxylic acids is 1. The third-order valence-corrected chi connectivity index (χ3v) is 5.06. The Kier molecular flexibility index (Phi) is 3.77. The maximum Gasteiger partial charge on any atom is 0.310 e. The molecule has 4 nitrogen and oxygen atoms in total. The van der Waals surface area contributed by atoms with Crippen LogP contribution >= 0.6 is 11.8 Å². The van der Waals surface area contributed by atoms with Crippen molar-refractivity contribution in [2.24, 2.45) is 5.92 Å². The lowest BCUT2D eigenvalue weighted by molar-refractivity contribution is -0.143.